The van der Waals surface area contributed by atoms with E-state index in [0.29, 0.717) is 36.5 Å². The number of nitrogens with zero attached hydrogens (tertiary/aromatic N) is 3. The van der Waals surface area contributed by atoms with E-state index in [1.807, 2.05) is 0 Å². The van der Waals surface area contributed by atoms with E-state index in [-0.39, 0.29) is 29.0 Å². The van der Waals surface area contributed by atoms with Crippen LogP contribution < -0.4 is 5.32 Å². The number of hydrogen-bond donors (Lipinski definition) is 1. The molecular weight excluding hydrogens is 396 g/mol. The molecule has 1 aromatic heterocycles. The highest BCUT2D eigenvalue weighted by Crippen LogP contribution is 2.29. The summed E-state index contributed by atoms with van der Waals surface area (Å²) in [6, 6.07) is 18.1. The molecule has 1 saturated heterocycles. The van der Waals surface area contributed by atoms with Crippen LogP contribution in [0.5, 0.6) is 0 Å². The van der Waals surface area contributed by atoms with Crippen LogP contribution in [-0.4, -0.2) is 45.6 Å². The Bertz CT molecular complexity index is 1120. The average Bonchev–Trinajstić information content (AvgIpc) is 3.28. The van der Waals surface area contributed by atoms with Crippen molar-refractivity contribution >= 4 is 23.1 Å². The van der Waals surface area contributed by atoms with Crippen LogP contribution in [0.25, 0.3) is 0 Å². The fourth-order valence-corrected chi connectivity index (χ4v) is 3.64. The summed E-state index contributed by atoms with van der Waals surface area (Å²) in [6.45, 7) is 0.947. The number of amides is 1. The first-order valence-corrected chi connectivity index (χ1v) is 9.88. The number of benzene rings is 2. The number of rotatable bonds is 6. The summed E-state index contributed by atoms with van der Waals surface area (Å²) < 4.78 is 0. The third kappa shape index (κ3) is 4.42. The van der Waals surface area contributed by atoms with Gasteiger partial charge in [-0.1, -0.05) is 36.4 Å². The first-order chi connectivity index (χ1) is 15.0. The molecule has 3 aromatic rings. The number of hydrogen-bond acceptors (Lipinski definition) is 6. The maximum atomic E-state index is 12.6. The monoisotopic (exact) mass is 416 g/mol. The Morgan fingerprint density at radius 1 is 1.03 bits per heavy atom. The summed E-state index contributed by atoms with van der Waals surface area (Å²) in [5.41, 5.74) is 1.25. The summed E-state index contributed by atoms with van der Waals surface area (Å²) in [7, 11) is 0. The highest BCUT2D eigenvalue weighted by atomic mass is 16.6. The number of likely N-dealkylation sites (tertiary alicyclic amines) is 1. The molecule has 8 heteroatoms. The van der Waals surface area contributed by atoms with Gasteiger partial charge in [0.15, 0.2) is 5.78 Å². The van der Waals surface area contributed by atoms with Gasteiger partial charge in [0, 0.05) is 42.5 Å². The number of pyridine rings is 1. The third-order valence-corrected chi connectivity index (χ3v) is 5.21. The van der Waals surface area contributed by atoms with Crippen molar-refractivity contribution in [3.8, 4) is 0 Å². The van der Waals surface area contributed by atoms with Gasteiger partial charge in [0.05, 0.1) is 4.92 Å². The molecule has 1 aliphatic heterocycles. The van der Waals surface area contributed by atoms with Crippen molar-refractivity contribution in [1.82, 2.24) is 9.88 Å². The molecular formula is C23H20N4O4. The van der Waals surface area contributed by atoms with E-state index in [2.05, 4.69) is 10.3 Å². The summed E-state index contributed by atoms with van der Waals surface area (Å²) in [5.74, 6) is -0.438. The van der Waals surface area contributed by atoms with Crippen LogP contribution in [-0.2, 0) is 0 Å². The highest BCUT2D eigenvalue weighted by molar-refractivity contribution is 6.09. The maximum Gasteiger partial charge on any atom is 0.293 e. The number of carbonyl (C=O) groups excluding carboxylic acids is 2. The van der Waals surface area contributed by atoms with Crippen molar-refractivity contribution in [3.05, 3.63) is 99.9 Å². The number of nitrogens with one attached hydrogen (secondary N) is 1. The van der Waals surface area contributed by atoms with Crippen molar-refractivity contribution in [2.75, 3.05) is 18.4 Å². The quantitative estimate of drug-likeness (QED) is 0.374. The summed E-state index contributed by atoms with van der Waals surface area (Å²) >= 11 is 0. The molecule has 0 bridgehead atoms. The first-order valence-electron chi connectivity index (χ1n) is 9.88. The zero-order chi connectivity index (χ0) is 21.8. The average molecular weight is 416 g/mol. The van der Waals surface area contributed by atoms with Crippen LogP contribution in [0.15, 0.2) is 72.9 Å². The standard InChI is InChI=1S/C23H20N4O4/c28-22(16-6-2-1-3-7-16)17-9-10-19(21(14-17)27(30)31)25-18-11-13-26(15-18)23(29)20-8-4-5-12-24-20/h1-10,12,14,18,25H,11,13,15H2. The second kappa shape index (κ2) is 8.74. The molecule has 8 nitrogen and oxygen atoms in total. The number of carbonyl (C=O) groups is 2. The number of nitro benzene ring substituents is 1. The van der Waals surface area contributed by atoms with Crippen LogP contribution in [0.3, 0.4) is 0 Å². The van der Waals surface area contributed by atoms with Gasteiger partial charge in [0.1, 0.15) is 11.4 Å². The Balaban J connectivity index is 1.49. The Morgan fingerprint density at radius 2 is 1.81 bits per heavy atom. The minimum atomic E-state index is -0.504. The van der Waals surface area contributed by atoms with E-state index in [9.17, 15) is 19.7 Å². The molecule has 4 rings (SSSR count). The first kappa shape index (κ1) is 20.2. The second-order valence-corrected chi connectivity index (χ2v) is 7.28. The van der Waals surface area contributed by atoms with Crippen LogP contribution >= 0.6 is 0 Å². The molecule has 1 atom stereocenters. The van der Waals surface area contributed by atoms with Crippen molar-refractivity contribution in [3.63, 3.8) is 0 Å². The smallest absolute Gasteiger partial charge is 0.293 e. The van der Waals surface area contributed by atoms with Gasteiger partial charge in [0.25, 0.3) is 11.6 Å². The normalized spacial score (nSPS) is 15.5. The van der Waals surface area contributed by atoms with Crippen molar-refractivity contribution in [1.29, 1.82) is 0 Å². The van der Waals surface area contributed by atoms with E-state index < -0.39 is 4.92 Å². The van der Waals surface area contributed by atoms with Gasteiger partial charge < -0.3 is 10.2 Å². The van der Waals surface area contributed by atoms with E-state index >= 15 is 0 Å². The molecule has 0 radical (unpaired) electrons. The minimum absolute atomic E-state index is 0.137. The van der Waals surface area contributed by atoms with Crippen molar-refractivity contribution in [2.45, 2.75) is 12.5 Å². The van der Waals surface area contributed by atoms with Gasteiger partial charge in [0.2, 0.25) is 0 Å². The molecule has 0 aliphatic carbocycles. The summed E-state index contributed by atoms with van der Waals surface area (Å²) in [4.78, 5) is 42.1. The fourth-order valence-electron chi connectivity index (χ4n) is 3.64. The number of anilines is 1. The van der Waals surface area contributed by atoms with Gasteiger partial charge in [-0.25, -0.2) is 0 Å². The van der Waals surface area contributed by atoms with Gasteiger partial charge in [-0.2, -0.15) is 0 Å². The van der Waals surface area contributed by atoms with E-state index in [1.54, 1.807) is 71.8 Å². The molecule has 0 saturated carbocycles. The van der Waals surface area contributed by atoms with Crippen LogP contribution in [0.1, 0.15) is 32.8 Å². The molecule has 1 fully saturated rings. The predicted molar refractivity (Wildman–Crippen MR) is 115 cm³/mol. The lowest BCUT2D eigenvalue weighted by Crippen LogP contribution is -2.32. The Labute approximate surface area is 178 Å². The zero-order valence-electron chi connectivity index (χ0n) is 16.6. The van der Waals surface area contributed by atoms with Gasteiger partial charge in [-0.3, -0.25) is 24.7 Å². The van der Waals surface area contributed by atoms with Crippen LogP contribution in [0.2, 0.25) is 0 Å². The zero-order valence-corrected chi connectivity index (χ0v) is 16.6. The largest absolute Gasteiger partial charge is 0.375 e. The fraction of sp³-hybridized carbons (Fsp3) is 0.174. The molecule has 2 heterocycles. The lowest BCUT2D eigenvalue weighted by Gasteiger charge is -2.17. The Kier molecular flexibility index (Phi) is 5.70. The van der Waals surface area contributed by atoms with Crippen LogP contribution in [0.4, 0.5) is 11.4 Å². The van der Waals surface area contributed by atoms with Gasteiger partial charge >= 0.3 is 0 Å². The molecule has 1 N–H and O–H groups in total. The Hall–Kier alpha value is -4.07. The van der Waals surface area contributed by atoms with E-state index in [0.717, 1.165) is 0 Å². The molecule has 1 amide bonds. The van der Waals surface area contributed by atoms with Gasteiger partial charge in [-0.05, 0) is 30.7 Å². The Morgan fingerprint density at radius 3 is 2.52 bits per heavy atom. The maximum absolute atomic E-state index is 12.6. The lowest BCUT2D eigenvalue weighted by molar-refractivity contribution is -0.384. The third-order valence-electron chi connectivity index (χ3n) is 5.21. The molecule has 156 valence electrons. The summed E-state index contributed by atoms with van der Waals surface area (Å²) in [5, 5.41) is 14.8. The molecule has 2 aromatic carbocycles. The highest BCUT2D eigenvalue weighted by Gasteiger charge is 2.29. The van der Waals surface area contributed by atoms with Gasteiger partial charge in [-0.15, -0.1) is 0 Å². The number of nitro groups is 1. The topological polar surface area (TPSA) is 105 Å². The van der Waals surface area contributed by atoms with E-state index in [4.69, 9.17) is 0 Å². The molecule has 1 aliphatic rings. The second-order valence-electron chi connectivity index (χ2n) is 7.28. The molecule has 0 spiro atoms. The van der Waals surface area contributed by atoms with Crippen molar-refractivity contribution in [2.24, 2.45) is 0 Å². The van der Waals surface area contributed by atoms with E-state index in [1.165, 1.54) is 6.07 Å². The lowest BCUT2D eigenvalue weighted by atomic mass is 10.0. The number of aromatic nitrogens is 1. The predicted octanol–water partition coefficient (Wildman–Crippen LogP) is 3.55. The SMILES string of the molecule is O=C(c1ccccc1)c1ccc(NC2CCN(C(=O)c3ccccn3)C2)c([N+](=O)[O-])c1. The summed E-state index contributed by atoms with van der Waals surface area (Å²) in [6.07, 6.45) is 2.22. The minimum Gasteiger partial charge on any atom is -0.375 e. The van der Waals surface area contributed by atoms with Crippen molar-refractivity contribution < 1.29 is 14.5 Å². The molecule has 1 unspecified atom stereocenters. The number of ketones is 1. The van der Waals surface area contributed by atoms with Crippen LogP contribution in [0, 0.1) is 10.1 Å². The molecule has 31 heavy (non-hydrogen) atoms.